The van der Waals surface area contributed by atoms with Gasteiger partial charge in [-0.25, -0.2) is 4.79 Å². The van der Waals surface area contributed by atoms with Crippen LogP contribution in [0.4, 0.5) is 10.5 Å². The summed E-state index contributed by atoms with van der Waals surface area (Å²) in [5.41, 5.74) is 1.86. The summed E-state index contributed by atoms with van der Waals surface area (Å²) in [7, 11) is 0. The predicted molar refractivity (Wildman–Crippen MR) is 90.0 cm³/mol. The normalized spacial score (nSPS) is 8.43. The van der Waals surface area contributed by atoms with Crippen molar-refractivity contribution in [1.82, 2.24) is 0 Å². The zero-order valence-electron chi connectivity index (χ0n) is 13.5. The van der Waals surface area contributed by atoms with E-state index in [1.54, 1.807) is 12.1 Å². The topological polar surface area (TPSA) is 38.3 Å². The Labute approximate surface area is 128 Å². The van der Waals surface area contributed by atoms with Crippen molar-refractivity contribution < 1.29 is 9.53 Å². The third-order valence-electron chi connectivity index (χ3n) is 2.25. The van der Waals surface area contributed by atoms with Gasteiger partial charge in [0.2, 0.25) is 0 Å². The van der Waals surface area contributed by atoms with Gasteiger partial charge in [-0.15, -0.1) is 0 Å². The Balaban J connectivity index is 0.000000921. The van der Waals surface area contributed by atoms with E-state index in [1.807, 2.05) is 77.1 Å². The van der Waals surface area contributed by atoms with E-state index >= 15 is 0 Å². The first-order chi connectivity index (χ1) is 10.2. The number of anilines is 1. The molecule has 0 heterocycles. The number of benzene rings is 2. The summed E-state index contributed by atoms with van der Waals surface area (Å²) in [5.74, 6) is 0.525. The summed E-state index contributed by atoms with van der Waals surface area (Å²) >= 11 is 0. The molecule has 0 aliphatic carbocycles. The molecule has 0 radical (unpaired) electrons. The molecule has 21 heavy (non-hydrogen) atoms. The number of para-hydroxylation sites is 1. The minimum atomic E-state index is -0.486. The summed E-state index contributed by atoms with van der Waals surface area (Å²) < 4.78 is 5.10. The number of carbonyl (C=O) groups excluding carboxylic acids is 1. The monoisotopic (exact) mass is 287 g/mol. The summed E-state index contributed by atoms with van der Waals surface area (Å²) in [6.45, 7) is 9.99. The molecule has 0 spiro atoms. The van der Waals surface area contributed by atoms with Crippen LogP contribution in [-0.2, 0) is 0 Å². The molecule has 2 rings (SSSR count). The van der Waals surface area contributed by atoms with Gasteiger partial charge in [-0.3, -0.25) is 5.32 Å². The van der Waals surface area contributed by atoms with Gasteiger partial charge in [0, 0.05) is 5.69 Å². The minimum Gasteiger partial charge on any atom is -0.410 e. The Hall–Kier alpha value is -2.29. The predicted octanol–water partition coefficient (Wildman–Crippen LogP) is 5.66. The van der Waals surface area contributed by atoms with Gasteiger partial charge in [-0.1, -0.05) is 63.6 Å². The van der Waals surface area contributed by atoms with Gasteiger partial charge in [0.05, 0.1) is 0 Å². The van der Waals surface area contributed by atoms with Gasteiger partial charge in [0.25, 0.3) is 0 Å². The third-order valence-corrected chi connectivity index (χ3v) is 2.25. The molecular formula is C18H25NO2. The maximum atomic E-state index is 11.5. The molecule has 0 fully saturated rings. The molecule has 3 nitrogen and oxygen atoms in total. The smallest absolute Gasteiger partial charge is 0.410 e. The maximum absolute atomic E-state index is 11.5. The van der Waals surface area contributed by atoms with Crippen molar-refractivity contribution in [3.63, 3.8) is 0 Å². The van der Waals surface area contributed by atoms with Gasteiger partial charge >= 0.3 is 6.09 Å². The lowest BCUT2D eigenvalue weighted by Gasteiger charge is -2.06. The maximum Gasteiger partial charge on any atom is 0.417 e. The molecule has 0 aromatic heterocycles. The van der Waals surface area contributed by atoms with Gasteiger partial charge in [0.15, 0.2) is 0 Å². The van der Waals surface area contributed by atoms with Crippen molar-refractivity contribution in [2.75, 3.05) is 5.32 Å². The fourth-order valence-electron chi connectivity index (χ4n) is 1.38. The van der Waals surface area contributed by atoms with Crippen LogP contribution in [0.3, 0.4) is 0 Å². The molecular weight excluding hydrogens is 262 g/mol. The number of rotatable bonds is 2. The van der Waals surface area contributed by atoms with Gasteiger partial charge in [-0.2, -0.15) is 0 Å². The van der Waals surface area contributed by atoms with E-state index in [1.165, 1.54) is 0 Å². The molecule has 0 bridgehead atoms. The first-order valence-electron chi connectivity index (χ1n) is 7.34. The number of amides is 1. The second-order valence-electron chi connectivity index (χ2n) is 3.69. The molecule has 0 saturated carbocycles. The summed E-state index contributed by atoms with van der Waals surface area (Å²) in [6, 6.07) is 16.5. The highest BCUT2D eigenvalue weighted by Gasteiger charge is 2.03. The Bertz CT molecular complexity index is 492. The van der Waals surface area contributed by atoms with E-state index in [4.69, 9.17) is 4.74 Å². The largest absolute Gasteiger partial charge is 0.417 e. The number of nitrogens with one attached hydrogen (secondary N) is 1. The van der Waals surface area contributed by atoms with Crippen molar-refractivity contribution in [3.05, 3.63) is 60.2 Å². The van der Waals surface area contributed by atoms with Gasteiger partial charge in [0.1, 0.15) is 5.75 Å². The quantitative estimate of drug-likeness (QED) is 0.774. The molecule has 0 unspecified atom stereocenters. The average molecular weight is 287 g/mol. The number of ether oxygens (including phenoxy) is 1. The first-order valence-corrected chi connectivity index (χ1v) is 7.34. The second-order valence-corrected chi connectivity index (χ2v) is 3.69. The van der Waals surface area contributed by atoms with Crippen LogP contribution in [0.15, 0.2) is 54.6 Å². The van der Waals surface area contributed by atoms with E-state index in [-0.39, 0.29) is 0 Å². The minimum absolute atomic E-state index is 0.486. The van der Waals surface area contributed by atoms with E-state index in [0.29, 0.717) is 5.75 Å². The number of aryl methyl sites for hydroxylation is 1. The zero-order chi connectivity index (χ0) is 16.1. The van der Waals surface area contributed by atoms with Crippen LogP contribution in [-0.4, -0.2) is 6.09 Å². The molecule has 0 aliphatic rings. The lowest BCUT2D eigenvalue weighted by Crippen LogP contribution is -2.16. The molecule has 1 N–H and O–H groups in total. The standard InChI is InChI=1S/C14H13NO2.2C2H6/c1-11-7-9-12(10-8-11)15-14(16)17-13-5-3-2-4-6-13;2*1-2/h2-10H,1H3,(H,15,16);2*1-2H3. The highest BCUT2D eigenvalue weighted by atomic mass is 16.6. The number of carbonyl (C=O) groups is 1. The first kappa shape index (κ1) is 18.7. The molecule has 0 saturated heterocycles. The van der Waals surface area contributed by atoms with E-state index in [2.05, 4.69) is 5.32 Å². The van der Waals surface area contributed by atoms with Gasteiger partial charge in [-0.05, 0) is 31.2 Å². The Kier molecular flexibility index (Phi) is 10.3. The van der Waals surface area contributed by atoms with Crippen LogP contribution in [0.25, 0.3) is 0 Å². The molecule has 114 valence electrons. The molecule has 1 amide bonds. The van der Waals surface area contributed by atoms with E-state index < -0.39 is 6.09 Å². The van der Waals surface area contributed by atoms with Crippen molar-refractivity contribution in [2.45, 2.75) is 34.6 Å². The average Bonchev–Trinajstić information content (AvgIpc) is 2.54. The van der Waals surface area contributed by atoms with Crippen LogP contribution < -0.4 is 10.1 Å². The van der Waals surface area contributed by atoms with Crippen LogP contribution in [0.2, 0.25) is 0 Å². The van der Waals surface area contributed by atoms with Crippen LogP contribution in [0, 0.1) is 6.92 Å². The number of hydrogen-bond acceptors (Lipinski definition) is 2. The lowest BCUT2D eigenvalue weighted by atomic mass is 10.2. The van der Waals surface area contributed by atoms with Crippen molar-refractivity contribution in [1.29, 1.82) is 0 Å². The van der Waals surface area contributed by atoms with Crippen LogP contribution >= 0.6 is 0 Å². The van der Waals surface area contributed by atoms with Crippen LogP contribution in [0.5, 0.6) is 5.75 Å². The molecule has 2 aromatic rings. The summed E-state index contributed by atoms with van der Waals surface area (Å²) in [6.07, 6.45) is -0.486. The third kappa shape index (κ3) is 7.78. The summed E-state index contributed by atoms with van der Waals surface area (Å²) in [4.78, 5) is 11.5. The fraction of sp³-hybridized carbons (Fsp3) is 0.278. The Morgan fingerprint density at radius 1 is 0.857 bits per heavy atom. The van der Waals surface area contributed by atoms with Gasteiger partial charge < -0.3 is 4.74 Å². The fourth-order valence-corrected chi connectivity index (χ4v) is 1.38. The SMILES string of the molecule is CC.CC.Cc1ccc(NC(=O)Oc2ccccc2)cc1. The highest BCUT2D eigenvalue weighted by molar-refractivity contribution is 5.86. The molecule has 3 heteroatoms. The molecule has 0 atom stereocenters. The molecule has 2 aromatic carbocycles. The van der Waals surface area contributed by atoms with Crippen molar-refractivity contribution >= 4 is 11.8 Å². The Morgan fingerprint density at radius 2 is 1.38 bits per heavy atom. The Morgan fingerprint density at radius 3 is 1.90 bits per heavy atom. The summed E-state index contributed by atoms with van der Waals surface area (Å²) in [5, 5.41) is 2.66. The number of hydrogen-bond donors (Lipinski definition) is 1. The highest BCUT2D eigenvalue weighted by Crippen LogP contribution is 2.12. The van der Waals surface area contributed by atoms with Crippen LogP contribution in [0.1, 0.15) is 33.3 Å². The van der Waals surface area contributed by atoms with Crippen molar-refractivity contribution in [2.24, 2.45) is 0 Å². The second kappa shape index (κ2) is 11.5. The lowest BCUT2D eigenvalue weighted by molar-refractivity contribution is 0.215. The van der Waals surface area contributed by atoms with E-state index in [0.717, 1.165) is 11.3 Å². The van der Waals surface area contributed by atoms with E-state index in [9.17, 15) is 4.79 Å². The molecule has 0 aliphatic heterocycles. The van der Waals surface area contributed by atoms with Crippen molar-refractivity contribution in [3.8, 4) is 5.75 Å². The zero-order valence-corrected chi connectivity index (χ0v) is 13.5.